The van der Waals surface area contributed by atoms with Crippen LogP contribution in [0, 0.1) is 27.7 Å². The zero-order valence-corrected chi connectivity index (χ0v) is 19.8. The van der Waals surface area contributed by atoms with Gasteiger partial charge < -0.3 is 16.4 Å². The van der Waals surface area contributed by atoms with Gasteiger partial charge in [-0.2, -0.15) is 0 Å². The number of pyridine rings is 1. The van der Waals surface area contributed by atoms with Crippen molar-refractivity contribution in [3.8, 4) is 0 Å². The average molecular weight is 441 g/mol. The quantitative estimate of drug-likeness (QED) is 0.368. The molecule has 5 heteroatoms. The molecule has 0 fully saturated rings. The van der Waals surface area contributed by atoms with Crippen LogP contribution in [0.1, 0.15) is 33.4 Å². The normalized spacial score (nSPS) is 10.3. The molecule has 5 nitrogen and oxygen atoms in total. The fourth-order valence-corrected chi connectivity index (χ4v) is 3.69. The second-order valence-corrected chi connectivity index (χ2v) is 8.27. The number of hydrogen-bond acceptors (Lipinski definition) is 3. The second-order valence-electron chi connectivity index (χ2n) is 8.27. The minimum absolute atomic E-state index is 0.214. The van der Waals surface area contributed by atoms with Crippen molar-refractivity contribution in [2.24, 2.45) is 5.73 Å². The molecule has 0 saturated carbocycles. The predicted molar refractivity (Wildman–Crippen MR) is 137 cm³/mol. The lowest BCUT2D eigenvalue weighted by molar-refractivity contribution is 0.252. The van der Waals surface area contributed by atoms with Gasteiger partial charge in [0.2, 0.25) is 0 Å². The Balaban J connectivity index is 0.000000257. The molecule has 0 atom stereocenters. The smallest absolute Gasteiger partial charge is 0.319 e. The Hall–Kier alpha value is -3.70. The number of amides is 2. The van der Waals surface area contributed by atoms with Gasteiger partial charge in [-0.3, -0.25) is 4.98 Å². The van der Waals surface area contributed by atoms with E-state index in [4.69, 9.17) is 5.73 Å². The van der Waals surface area contributed by atoms with E-state index >= 15 is 0 Å². The monoisotopic (exact) mass is 440 g/mol. The lowest BCUT2D eigenvalue weighted by Crippen LogP contribution is -2.28. The molecule has 3 aromatic carbocycles. The number of nitrogens with zero attached hydrogens (tertiary/aromatic N) is 1. The van der Waals surface area contributed by atoms with Crippen molar-refractivity contribution >= 4 is 22.5 Å². The number of carbonyl (C=O) groups is 1. The zero-order valence-electron chi connectivity index (χ0n) is 19.8. The molecule has 0 radical (unpaired) electrons. The molecule has 0 spiro atoms. The lowest BCUT2D eigenvalue weighted by atomic mass is 10.1. The van der Waals surface area contributed by atoms with E-state index < -0.39 is 0 Å². The van der Waals surface area contributed by atoms with E-state index in [9.17, 15) is 4.79 Å². The molecule has 0 bridgehead atoms. The summed E-state index contributed by atoms with van der Waals surface area (Å²) in [6.45, 7) is 9.45. The number of fused-ring (bicyclic) bond motifs is 1. The van der Waals surface area contributed by atoms with E-state index in [1.807, 2.05) is 24.3 Å². The fourth-order valence-electron chi connectivity index (χ4n) is 3.69. The molecule has 4 N–H and O–H groups in total. The number of benzene rings is 3. The van der Waals surface area contributed by atoms with Crippen molar-refractivity contribution in [3.63, 3.8) is 0 Å². The SMILES string of the molecule is Cc1ccc(CN)c(C)c1.Cc1ccc(CNC(=O)Nc2cccc3cnccc23)c(C)c1. The Labute approximate surface area is 196 Å². The summed E-state index contributed by atoms with van der Waals surface area (Å²) in [5, 5.41) is 7.79. The van der Waals surface area contributed by atoms with Crippen LogP contribution >= 0.6 is 0 Å². The third-order valence-electron chi connectivity index (χ3n) is 5.58. The van der Waals surface area contributed by atoms with Gasteiger partial charge >= 0.3 is 6.03 Å². The maximum atomic E-state index is 12.2. The topological polar surface area (TPSA) is 80.0 Å². The van der Waals surface area contributed by atoms with E-state index in [-0.39, 0.29) is 6.03 Å². The van der Waals surface area contributed by atoms with Gasteiger partial charge in [0.15, 0.2) is 0 Å². The number of aromatic nitrogens is 1. The van der Waals surface area contributed by atoms with Gasteiger partial charge in [-0.05, 0) is 62.1 Å². The molecule has 170 valence electrons. The van der Waals surface area contributed by atoms with Crippen LogP contribution in [0.5, 0.6) is 0 Å². The summed E-state index contributed by atoms with van der Waals surface area (Å²) in [5.74, 6) is 0. The van der Waals surface area contributed by atoms with Crippen molar-refractivity contribution in [2.45, 2.75) is 40.8 Å². The highest BCUT2D eigenvalue weighted by Crippen LogP contribution is 2.22. The van der Waals surface area contributed by atoms with E-state index in [1.54, 1.807) is 12.4 Å². The highest BCUT2D eigenvalue weighted by molar-refractivity contribution is 6.01. The molecule has 0 aliphatic carbocycles. The largest absolute Gasteiger partial charge is 0.334 e. The zero-order chi connectivity index (χ0) is 23.8. The molecule has 2 amide bonds. The molecule has 1 heterocycles. The maximum Gasteiger partial charge on any atom is 0.319 e. The van der Waals surface area contributed by atoms with Gasteiger partial charge in [0.1, 0.15) is 0 Å². The standard InChI is InChI=1S/C19H19N3O.C9H13N/c1-13-6-7-15(14(2)10-13)12-21-19(23)22-18-5-3-4-16-11-20-9-8-17(16)18;1-7-3-4-9(6-10)8(2)5-7/h3-11H,12H2,1-2H3,(H2,21,22,23);3-5H,6,10H2,1-2H3. The maximum absolute atomic E-state index is 12.2. The van der Waals surface area contributed by atoms with E-state index in [0.29, 0.717) is 13.1 Å². The molecule has 0 unspecified atom stereocenters. The summed E-state index contributed by atoms with van der Waals surface area (Å²) < 4.78 is 0. The van der Waals surface area contributed by atoms with Crippen LogP contribution in [0.3, 0.4) is 0 Å². The number of anilines is 1. The lowest BCUT2D eigenvalue weighted by Gasteiger charge is -2.11. The molecule has 4 rings (SSSR count). The van der Waals surface area contributed by atoms with Gasteiger partial charge in [-0.1, -0.05) is 59.7 Å². The van der Waals surface area contributed by atoms with Crippen LogP contribution in [0.25, 0.3) is 10.8 Å². The number of hydrogen-bond donors (Lipinski definition) is 3. The number of carbonyl (C=O) groups excluding carboxylic acids is 1. The van der Waals surface area contributed by atoms with Crippen molar-refractivity contribution in [1.82, 2.24) is 10.3 Å². The number of nitrogens with one attached hydrogen (secondary N) is 2. The first-order valence-electron chi connectivity index (χ1n) is 11.1. The molecular weight excluding hydrogens is 408 g/mol. The van der Waals surface area contributed by atoms with Crippen molar-refractivity contribution in [2.75, 3.05) is 5.32 Å². The van der Waals surface area contributed by atoms with Crippen LogP contribution in [-0.4, -0.2) is 11.0 Å². The molecule has 1 aromatic heterocycles. The first kappa shape index (κ1) is 24.0. The van der Waals surface area contributed by atoms with Crippen LogP contribution < -0.4 is 16.4 Å². The van der Waals surface area contributed by atoms with Crippen molar-refractivity contribution in [1.29, 1.82) is 0 Å². The minimum Gasteiger partial charge on any atom is -0.334 e. The molecule has 0 aliphatic heterocycles. The summed E-state index contributed by atoms with van der Waals surface area (Å²) in [4.78, 5) is 16.3. The summed E-state index contributed by atoms with van der Waals surface area (Å²) in [6, 6.07) is 20.0. The number of aryl methyl sites for hydroxylation is 4. The number of nitrogens with two attached hydrogens (primary N) is 1. The molecular formula is C28H32N4O. The Kier molecular flexibility index (Phi) is 8.17. The van der Waals surface area contributed by atoms with Crippen LogP contribution in [0.2, 0.25) is 0 Å². The average Bonchev–Trinajstić information content (AvgIpc) is 2.79. The third-order valence-corrected chi connectivity index (χ3v) is 5.58. The Morgan fingerprint density at radius 3 is 2.18 bits per heavy atom. The minimum atomic E-state index is -0.214. The Bertz CT molecular complexity index is 1240. The number of urea groups is 1. The van der Waals surface area contributed by atoms with Crippen molar-refractivity contribution in [3.05, 3.63) is 106 Å². The van der Waals surface area contributed by atoms with Gasteiger partial charge in [-0.25, -0.2) is 4.79 Å². The molecule has 4 aromatic rings. The van der Waals surface area contributed by atoms with E-state index in [2.05, 4.69) is 79.7 Å². The highest BCUT2D eigenvalue weighted by Gasteiger charge is 2.06. The van der Waals surface area contributed by atoms with Crippen LogP contribution in [0.15, 0.2) is 73.1 Å². The molecule has 0 saturated heterocycles. The predicted octanol–water partition coefficient (Wildman–Crippen LogP) is 5.94. The summed E-state index contributed by atoms with van der Waals surface area (Å²) in [5.41, 5.74) is 13.6. The van der Waals surface area contributed by atoms with Crippen molar-refractivity contribution < 1.29 is 4.79 Å². The molecule has 0 aliphatic rings. The second kappa shape index (κ2) is 11.2. The fraction of sp³-hybridized carbons (Fsp3) is 0.214. The van der Waals surface area contributed by atoms with Gasteiger partial charge in [-0.15, -0.1) is 0 Å². The first-order chi connectivity index (χ1) is 15.9. The van der Waals surface area contributed by atoms with Gasteiger partial charge in [0.05, 0.1) is 5.69 Å². The first-order valence-corrected chi connectivity index (χ1v) is 11.1. The van der Waals surface area contributed by atoms with Gasteiger partial charge in [0.25, 0.3) is 0 Å². The van der Waals surface area contributed by atoms with E-state index in [0.717, 1.165) is 22.0 Å². The summed E-state index contributed by atoms with van der Waals surface area (Å²) >= 11 is 0. The summed E-state index contributed by atoms with van der Waals surface area (Å²) in [7, 11) is 0. The van der Waals surface area contributed by atoms with Gasteiger partial charge in [0, 0.05) is 36.3 Å². The Morgan fingerprint density at radius 1 is 0.879 bits per heavy atom. The van der Waals surface area contributed by atoms with E-state index in [1.165, 1.54) is 27.8 Å². The molecule has 33 heavy (non-hydrogen) atoms. The summed E-state index contributed by atoms with van der Waals surface area (Å²) in [6.07, 6.45) is 3.51. The van der Waals surface area contributed by atoms with Crippen LogP contribution in [-0.2, 0) is 13.1 Å². The van der Waals surface area contributed by atoms with Crippen LogP contribution in [0.4, 0.5) is 10.5 Å². The Morgan fingerprint density at radius 2 is 1.55 bits per heavy atom. The number of rotatable bonds is 4. The third kappa shape index (κ3) is 6.64. The highest BCUT2D eigenvalue weighted by atomic mass is 16.2.